The summed E-state index contributed by atoms with van der Waals surface area (Å²) < 4.78 is 11.4. The molecule has 2 heterocycles. The fourth-order valence-electron chi connectivity index (χ4n) is 2.25. The summed E-state index contributed by atoms with van der Waals surface area (Å²) >= 11 is 0. The van der Waals surface area contributed by atoms with Gasteiger partial charge in [-0.1, -0.05) is 0 Å². The third-order valence-electron chi connectivity index (χ3n) is 3.41. The number of aromatic nitrogens is 1. The molecule has 0 aromatic carbocycles. The molecule has 1 aliphatic carbocycles. The van der Waals surface area contributed by atoms with Crippen LogP contribution in [0.3, 0.4) is 0 Å². The number of pyridine rings is 1. The number of carbonyl (C=O) groups is 1. The predicted molar refractivity (Wildman–Crippen MR) is 68.8 cm³/mol. The number of rotatable bonds is 3. The van der Waals surface area contributed by atoms with E-state index in [1.807, 2.05) is 17.0 Å². The van der Waals surface area contributed by atoms with Crippen LogP contribution in [-0.4, -0.2) is 48.2 Å². The van der Waals surface area contributed by atoms with Gasteiger partial charge in [0.1, 0.15) is 11.9 Å². The molecule has 1 aromatic rings. The van der Waals surface area contributed by atoms with Crippen LogP contribution in [0.5, 0.6) is 5.75 Å². The van der Waals surface area contributed by atoms with Crippen LogP contribution in [0.4, 0.5) is 0 Å². The molecule has 0 spiro atoms. The molecule has 0 radical (unpaired) electrons. The van der Waals surface area contributed by atoms with Gasteiger partial charge < -0.3 is 14.4 Å². The molecule has 0 bridgehead atoms. The van der Waals surface area contributed by atoms with E-state index in [2.05, 4.69) is 4.98 Å². The van der Waals surface area contributed by atoms with Crippen molar-refractivity contribution in [2.24, 2.45) is 5.92 Å². The zero-order chi connectivity index (χ0) is 13.1. The summed E-state index contributed by atoms with van der Waals surface area (Å²) in [4.78, 5) is 18.0. The lowest BCUT2D eigenvalue weighted by atomic mass is 10.3. The molecule has 1 aliphatic heterocycles. The molecule has 1 atom stereocenters. The van der Waals surface area contributed by atoms with Crippen molar-refractivity contribution in [2.75, 3.05) is 26.3 Å². The molecule has 2 fully saturated rings. The highest BCUT2D eigenvalue weighted by Crippen LogP contribution is 2.31. The number of nitrogens with zero attached hydrogens (tertiary/aromatic N) is 2. The molecule has 1 unspecified atom stereocenters. The zero-order valence-corrected chi connectivity index (χ0v) is 10.8. The van der Waals surface area contributed by atoms with Crippen molar-refractivity contribution in [2.45, 2.75) is 18.9 Å². The lowest BCUT2D eigenvalue weighted by Gasteiger charge is -2.24. The first-order valence-electron chi connectivity index (χ1n) is 6.76. The summed E-state index contributed by atoms with van der Waals surface area (Å²) in [6.07, 6.45) is 5.33. The maximum Gasteiger partial charge on any atom is 0.225 e. The first-order valence-corrected chi connectivity index (χ1v) is 6.76. The molecule has 1 aromatic heterocycles. The molecule has 5 nitrogen and oxygen atoms in total. The van der Waals surface area contributed by atoms with E-state index in [4.69, 9.17) is 9.47 Å². The predicted octanol–water partition coefficient (Wildman–Crippen LogP) is 1.10. The highest BCUT2D eigenvalue weighted by molar-refractivity contribution is 5.81. The van der Waals surface area contributed by atoms with Gasteiger partial charge in [-0.05, 0) is 25.0 Å². The molecule has 1 amide bonds. The van der Waals surface area contributed by atoms with Crippen molar-refractivity contribution in [1.29, 1.82) is 0 Å². The van der Waals surface area contributed by atoms with Gasteiger partial charge in [0.05, 0.1) is 26.0 Å². The normalized spacial score (nSPS) is 23.8. The van der Waals surface area contributed by atoms with E-state index in [0.29, 0.717) is 26.3 Å². The van der Waals surface area contributed by atoms with E-state index in [1.165, 1.54) is 0 Å². The fourth-order valence-corrected chi connectivity index (χ4v) is 2.25. The average molecular weight is 262 g/mol. The average Bonchev–Trinajstić information content (AvgIpc) is 3.27. The van der Waals surface area contributed by atoms with Gasteiger partial charge in [0.2, 0.25) is 5.91 Å². The Balaban J connectivity index is 1.62. The van der Waals surface area contributed by atoms with Crippen LogP contribution in [0.25, 0.3) is 0 Å². The van der Waals surface area contributed by atoms with Crippen molar-refractivity contribution in [3.8, 4) is 5.75 Å². The fraction of sp³-hybridized carbons (Fsp3) is 0.571. The number of hydrogen-bond donors (Lipinski definition) is 0. The van der Waals surface area contributed by atoms with E-state index in [1.54, 1.807) is 12.4 Å². The van der Waals surface area contributed by atoms with Crippen molar-refractivity contribution < 1.29 is 14.3 Å². The quantitative estimate of drug-likeness (QED) is 0.818. The van der Waals surface area contributed by atoms with Crippen LogP contribution >= 0.6 is 0 Å². The molecular weight excluding hydrogens is 244 g/mol. The van der Waals surface area contributed by atoms with Crippen molar-refractivity contribution in [1.82, 2.24) is 9.88 Å². The van der Waals surface area contributed by atoms with Gasteiger partial charge in [-0.15, -0.1) is 0 Å². The Kier molecular flexibility index (Phi) is 3.64. The van der Waals surface area contributed by atoms with E-state index in [9.17, 15) is 4.79 Å². The van der Waals surface area contributed by atoms with E-state index in [0.717, 1.165) is 18.6 Å². The molecule has 1 saturated heterocycles. The zero-order valence-electron chi connectivity index (χ0n) is 10.8. The minimum Gasteiger partial charge on any atom is -0.485 e. The SMILES string of the molecule is O=C(C1CC1)N1CCOCC(Oc2cccnc2)C1. The topological polar surface area (TPSA) is 51.7 Å². The van der Waals surface area contributed by atoms with Gasteiger partial charge >= 0.3 is 0 Å². The smallest absolute Gasteiger partial charge is 0.225 e. The van der Waals surface area contributed by atoms with Crippen molar-refractivity contribution in [3.63, 3.8) is 0 Å². The summed E-state index contributed by atoms with van der Waals surface area (Å²) in [5.74, 6) is 1.22. The van der Waals surface area contributed by atoms with Crippen molar-refractivity contribution >= 4 is 5.91 Å². The van der Waals surface area contributed by atoms with Gasteiger partial charge in [-0.25, -0.2) is 0 Å². The Morgan fingerprint density at radius 1 is 1.47 bits per heavy atom. The van der Waals surface area contributed by atoms with Crippen LogP contribution in [0.2, 0.25) is 0 Å². The van der Waals surface area contributed by atoms with E-state index in [-0.39, 0.29) is 17.9 Å². The Morgan fingerprint density at radius 2 is 2.37 bits per heavy atom. The van der Waals surface area contributed by atoms with Crippen LogP contribution in [0.1, 0.15) is 12.8 Å². The summed E-state index contributed by atoms with van der Waals surface area (Å²) in [5, 5.41) is 0. The minimum absolute atomic E-state index is 0.116. The Hall–Kier alpha value is -1.62. The largest absolute Gasteiger partial charge is 0.485 e. The summed E-state index contributed by atoms with van der Waals surface area (Å²) in [6.45, 7) is 2.38. The standard InChI is InChI=1S/C14H18N2O3/c17-14(11-3-4-11)16-6-7-18-10-13(9-16)19-12-2-1-5-15-8-12/h1-2,5,8,11,13H,3-4,6-7,9-10H2. The second kappa shape index (κ2) is 5.57. The summed E-state index contributed by atoms with van der Waals surface area (Å²) in [7, 11) is 0. The molecule has 2 aliphatic rings. The van der Waals surface area contributed by atoms with Crippen LogP contribution < -0.4 is 4.74 Å². The highest BCUT2D eigenvalue weighted by atomic mass is 16.5. The van der Waals surface area contributed by atoms with Gasteiger partial charge in [0, 0.05) is 18.7 Å². The van der Waals surface area contributed by atoms with Crippen molar-refractivity contribution in [3.05, 3.63) is 24.5 Å². The maximum atomic E-state index is 12.1. The number of hydrogen-bond acceptors (Lipinski definition) is 4. The molecule has 5 heteroatoms. The monoisotopic (exact) mass is 262 g/mol. The third kappa shape index (κ3) is 3.23. The first kappa shape index (κ1) is 12.4. The van der Waals surface area contributed by atoms with E-state index >= 15 is 0 Å². The maximum absolute atomic E-state index is 12.1. The van der Waals surface area contributed by atoms with Gasteiger partial charge in [0.25, 0.3) is 0 Å². The van der Waals surface area contributed by atoms with Gasteiger partial charge in [0.15, 0.2) is 0 Å². The Bertz CT molecular complexity index is 434. The van der Waals surface area contributed by atoms with Crippen LogP contribution in [0.15, 0.2) is 24.5 Å². The second-order valence-corrected chi connectivity index (χ2v) is 5.06. The number of amides is 1. The molecule has 3 rings (SSSR count). The number of carbonyl (C=O) groups excluding carboxylic acids is 1. The van der Waals surface area contributed by atoms with E-state index < -0.39 is 0 Å². The van der Waals surface area contributed by atoms with Gasteiger partial charge in [-0.3, -0.25) is 9.78 Å². The van der Waals surface area contributed by atoms with Crippen LogP contribution in [0, 0.1) is 5.92 Å². The lowest BCUT2D eigenvalue weighted by Crippen LogP contribution is -2.40. The van der Waals surface area contributed by atoms with Crippen LogP contribution in [-0.2, 0) is 9.53 Å². The molecule has 102 valence electrons. The Morgan fingerprint density at radius 3 is 3.11 bits per heavy atom. The highest BCUT2D eigenvalue weighted by Gasteiger charge is 2.35. The van der Waals surface area contributed by atoms with Gasteiger partial charge in [-0.2, -0.15) is 0 Å². The molecular formula is C14H18N2O3. The molecule has 1 saturated carbocycles. The lowest BCUT2D eigenvalue weighted by molar-refractivity contribution is -0.133. The third-order valence-corrected chi connectivity index (χ3v) is 3.41. The second-order valence-electron chi connectivity index (χ2n) is 5.06. The Labute approximate surface area is 112 Å². The summed E-state index contributed by atoms with van der Waals surface area (Å²) in [5.41, 5.74) is 0. The first-order chi connectivity index (χ1) is 9.33. The molecule has 0 N–H and O–H groups in total. The minimum atomic E-state index is -0.116. The summed E-state index contributed by atoms with van der Waals surface area (Å²) in [6, 6.07) is 3.70. The number of ether oxygens (including phenoxy) is 2. The molecule has 19 heavy (non-hydrogen) atoms.